The molecule has 0 aliphatic rings. The quantitative estimate of drug-likeness (QED) is 0.483. The van der Waals surface area contributed by atoms with Gasteiger partial charge in [0.25, 0.3) is 11.8 Å². The van der Waals surface area contributed by atoms with Crippen molar-refractivity contribution < 1.29 is 23.8 Å². The minimum absolute atomic E-state index is 0.240. The number of hydrogen-bond donors (Lipinski definition) is 2. The number of benzene rings is 1. The highest BCUT2D eigenvalue weighted by Gasteiger charge is 2.12. The van der Waals surface area contributed by atoms with Crippen molar-refractivity contribution in [2.45, 2.75) is 0 Å². The molecule has 0 fully saturated rings. The lowest BCUT2D eigenvalue weighted by molar-refractivity contribution is -0.605. The summed E-state index contributed by atoms with van der Waals surface area (Å²) in [4.78, 5) is 23.9. The molecular formula is C15H15N3O5. The standard InChI is InChI=1S/C15H15N3O5/c1-22-12-4-3-11(9-13(12)23-2)15(20)17-16-14(19)10-5-7-18(21)8-6-10/h3-9H,1-2H3,(H,16,19)(H,17,20). The zero-order valence-corrected chi connectivity index (χ0v) is 12.5. The smallest absolute Gasteiger partial charge is 0.270 e. The maximum atomic E-state index is 12.0. The SMILES string of the molecule is COc1ccc(C(=O)NNC(=O)c2cc[n+]([O-])cc2)cc1OC. The lowest BCUT2D eigenvalue weighted by Crippen LogP contribution is -2.41. The number of methoxy groups -OCH3 is 2. The van der Waals surface area contributed by atoms with Gasteiger partial charge < -0.3 is 14.7 Å². The van der Waals surface area contributed by atoms with E-state index in [9.17, 15) is 14.8 Å². The molecule has 2 rings (SSSR count). The van der Waals surface area contributed by atoms with Gasteiger partial charge in [0.15, 0.2) is 23.9 Å². The van der Waals surface area contributed by atoms with Gasteiger partial charge in [-0.25, -0.2) is 0 Å². The Morgan fingerprint density at radius 2 is 1.48 bits per heavy atom. The van der Waals surface area contributed by atoms with E-state index in [2.05, 4.69) is 10.9 Å². The van der Waals surface area contributed by atoms with E-state index >= 15 is 0 Å². The number of amides is 2. The van der Waals surface area contributed by atoms with Crippen molar-refractivity contribution in [2.75, 3.05) is 14.2 Å². The lowest BCUT2D eigenvalue weighted by atomic mass is 10.2. The first-order valence-corrected chi connectivity index (χ1v) is 6.56. The Kier molecular flexibility index (Phi) is 4.98. The molecule has 1 aromatic heterocycles. The number of nitrogens with zero attached hydrogens (tertiary/aromatic N) is 1. The number of aromatic nitrogens is 1. The summed E-state index contributed by atoms with van der Waals surface area (Å²) in [5.74, 6) is -0.175. The van der Waals surface area contributed by atoms with Crippen molar-refractivity contribution in [3.05, 3.63) is 59.1 Å². The number of carbonyl (C=O) groups is 2. The Balaban J connectivity index is 2.02. The molecule has 0 radical (unpaired) electrons. The Bertz CT molecular complexity index is 716. The summed E-state index contributed by atoms with van der Waals surface area (Å²) in [5, 5.41) is 10.9. The molecule has 0 unspecified atom stereocenters. The first-order chi connectivity index (χ1) is 11.0. The number of carbonyl (C=O) groups excluding carboxylic acids is 2. The number of hydrogen-bond acceptors (Lipinski definition) is 5. The second-order valence-corrected chi connectivity index (χ2v) is 4.42. The molecule has 2 N–H and O–H groups in total. The normalized spacial score (nSPS) is 9.83. The molecule has 8 nitrogen and oxygen atoms in total. The first-order valence-electron chi connectivity index (χ1n) is 6.56. The highest BCUT2D eigenvalue weighted by molar-refractivity contribution is 5.99. The van der Waals surface area contributed by atoms with Gasteiger partial charge in [0.1, 0.15) is 0 Å². The Morgan fingerprint density at radius 3 is 2.04 bits per heavy atom. The highest BCUT2D eigenvalue weighted by Crippen LogP contribution is 2.27. The predicted octanol–water partition coefficient (Wildman–Crippen LogP) is 0.412. The van der Waals surface area contributed by atoms with Gasteiger partial charge in [-0.3, -0.25) is 20.4 Å². The molecule has 1 heterocycles. The van der Waals surface area contributed by atoms with Crippen molar-refractivity contribution >= 4 is 11.8 Å². The maximum absolute atomic E-state index is 12.0. The fraction of sp³-hybridized carbons (Fsp3) is 0.133. The van der Waals surface area contributed by atoms with Crippen molar-refractivity contribution in [3.63, 3.8) is 0 Å². The molecule has 0 saturated heterocycles. The zero-order valence-electron chi connectivity index (χ0n) is 12.5. The molecule has 23 heavy (non-hydrogen) atoms. The van der Waals surface area contributed by atoms with Crippen LogP contribution in [-0.4, -0.2) is 26.0 Å². The van der Waals surface area contributed by atoms with E-state index in [0.717, 1.165) is 0 Å². The minimum atomic E-state index is -0.542. The summed E-state index contributed by atoms with van der Waals surface area (Å²) < 4.78 is 10.7. The van der Waals surface area contributed by atoms with Gasteiger partial charge in [-0.1, -0.05) is 0 Å². The average Bonchev–Trinajstić information content (AvgIpc) is 2.59. The van der Waals surface area contributed by atoms with Gasteiger partial charge in [0, 0.05) is 17.7 Å². The van der Waals surface area contributed by atoms with Crippen molar-refractivity contribution in [1.29, 1.82) is 0 Å². The van der Waals surface area contributed by atoms with E-state index < -0.39 is 11.8 Å². The van der Waals surface area contributed by atoms with Crippen molar-refractivity contribution in [3.8, 4) is 11.5 Å². The molecule has 2 aromatic rings. The number of rotatable bonds is 4. The van der Waals surface area contributed by atoms with Crippen LogP contribution in [0.2, 0.25) is 0 Å². The number of ether oxygens (including phenoxy) is 2. The van der Waals surface area contributed by atoms with Gasteiger partial charge in [0.2, 0.25) is 0 Å². The largest absolute Gasteiger partial charge is 0.619 e. The van der Waals surface area contributed by atoms with Crippen LogP contribution in [0.1, 0.15) is 20.7 Å². The maximum Gasteiger partial charge on any atom is 0.270 e. The van der Waals surface area contributed by atoms with Crippen LogP contribution in [0.3, 0.4) is 0 Å². The second kappa shape index (κ2) is 7.12. The van der Waals surface area contributed by atoms with E-state index in [1.54, 1.807) is 6.07 Å². The molecule has 2 amide bonds. The van der Waals surface area contributed by atoms with Crippen LogP contribution in [-0.2, 0) is 0 Å². The van der Waals surface area contributed by atoms with Crippen LogP contribution in [0.5, 0.6) is 11.5 Å². The first kappa shape index (κ1) is 16.1. The fourth-order valence-corrected chi connectivity index (χ4v) is 1.80. The molecule has 1 aromatic carbocycles. The third-order valence-corrected chi connectivity index (χ3v) is 3.00. The highest BCUT2D eigenvalue weighted by atomic mass is 16.5. The average molecular weight is 317 g/mol. The van der Waals surface area contributed by atoms with Gasteiger partial charge in [-0.15, -0.1) is 0 Å². The van der Waals surface area contributed by atoms with Crippen LogP contribution in [0.4, 0.5) is 0 Å². The summed E-state index contributed by atoms with van der Waals surface area (Å²) in [5.41, 5.74) is 5.07. The summed E-state index contributed by atoms with van der Waals surface area (Å²) in [6, 6.07) is 7.28. The monoisotopic (exact) mass is 317 g/mol. The zero-order chi connectivity index (χ0) is 16.8. The third-order valence-electron chi connectivity index (χ3n) is 3.00. The third kappa shape index (κ3) is 3.88. The van der Waals surface area contributed by atoms with Crippen molar-refractivity contribution in [1.82, 2.24) is 10.9 Å². The molecule has 0 atom stereocenters. The summed E-state index contributed by atoms with van der Waals surface area (Å²) in [6.45, 7) is 0. The summed E-state index contributed by atoms with van der Waals surface area (Å²) in [7, 11) is 2.95. The van der Waals surface area contributed by atoms with E-state index in [1.807, 2.05) is 0 Å². The molecule has 0 bridgehead atoms. The van der Waals surface area contributed by atoms with E-state index in [4.69, 9.17) is 9.47 Å². The van der Waals surface area contributed by atoms with E-state index in [-0.39, 0.29) is 11.1 Å². The van der Waals surface area contributed by atoms with Gasteiger partial charge in [-0.2, -0.15) is 4.73 Å². The lowest BCUT2D eigenvalue weighted by Gasteiger charge is -2.10. The summed E-state index contributed by atoms with van der Waals surface area (Å²) >= 11 is 0. The minimum Gasteiger partial charge on any atom is -0.619 e. The predicted molar refractivity (Wildman–Crippen MR) is 79.9 cm³/mol. The molecule has 8 heteroatoms. The Labute approximate surface area is 132 Å². The topological polar surface area (TPSA) is 104 Å². The molecule has 120 valence electrons. The van der Waals surface area contributed by atoms with E-state index in [0.29, 0.717) is 16.2 Å². The summed E-state index contributed by atoms with van der Waals surface area (Å²) in [6.07, 6.45) is 2.37. The van der Waals surface area contributed by atoms with Gasteiger partial charge >= 0.3 is 0 Å². The number of pyridine rings is 1. The second-order valence-electron chi connectivity index (χ2n) is 4.42. The number of nitrogens with one attached hydrogen (secondary N) is 2. The molecule has 0 saturated carbocycles. The van der Waals surface area contributed by atoms with Crippen molar-refractivity contribution in [2.24, 2.45) is 0 Å². The van der Waals surface area contributed by atoms with Crippen LogP contribution in [0.15, 0.2) is 42.7 Å². The van der Waals surface area contributed by atoms with Crippen LogP contribution >= 0.6 is 0 Å². The Hall–Kier alpha value is -3.29. The van der Waals surface area contributed by atoms with Crippen LogP contribution < -0.4 is 25.1 Å². The molecular weight excluding hydrogens is 302 g/mol. The molecule has 0 aliphatic carbocycles. The van der Waals surface area contributed by atoms with Gasteiger partial charge in [-0.05, 0) is 18.2 Å². The molecule has 0 spiro atoms. The number of hydrazine groups is 1. The van der Waals surface area contributed by atoms with E-state index in [1.165, 1.54) is 50.9 Å². The van der Waals surface area contributed by atoms with Gasteiger partial charge in [0.05, 0.1) is 19.8 Å². The van der Waals surface area contributed by atoms with Crippen LogP contribution in [0, 0.1) is 5.21 Å². The Morgan fingerprint density at radius 1 is 0.913 bits per heavy atom. The fourth-order valence-electron chi connectivity index (χ4n) is 1.80. The molecule has 0 aliphatic heterocycles. The van der Waals surface area contributed by atoms with Crippen LogP contribution in [0.25, 0.3) is 0 Å².